The maximum absolute atomic E-state index is 11.7. The van der Waals surface area contributed by atoms with Crippen molar-refractivity contribution in [3.8, 4) is 6.07 Å². The Morgan fingerprint density at radius 2 is 2.22 bits per heavy atom. The molecule has 0 aliphatic carbocycles. The molecule has 0 radical (unpaired) electrons. The van der Waals surface area contributed by atoms with Crippen LogP contribution in [0.15, 0.2) is 24.3 Å². The Hall–Kier alpha value is -2.06. The summed E-state index contributed by atoms with van der Waals surface area (Å²) in [4.78, 5) is 13.3. The number of ether oxygens (including phenoxy) is 1. The summed E-state index contributed by atoms with van der Waals surface area (Å²) in [5.41, 5.74) is 1.34. The SMILES string of the molecule is CCNCC1CN(c2ccc(C#N)cc2)C(=O)O1. The number of nitrogens with zero attached hydrogens (tertiary/aromatic N) is 2. The van der Waals surface area contributed by atoms with Crippen LogP contribution in [0.1, 0.15) is 12.5 Å². The lowest BCUT2D eigenvalue weighted by molar-refractivity contribution is 0.140. The molecule has 1 aromatic rings. The van der Waals surface area contributed by atoms with Crippen LogP contribution in [0.5, 0.6) is 0 Å². The van der Waals surface area contributed by atoms with Gasteiger partial charge in [-0.15, -0.1) is 0 Å². The Morgan fingerprint density at radius 3 is 2.83 bits per heavy atom. The number of rotatable bonds is 4. The van der Waals surface area contributed by atoms with Gasteiger partial charge in [-0.25, -0.2) is 4.79 Å². The summed E-state index contributed by atoms with van der Waals surface area (Å²) in [6.45, 7) is 4.06. The number of cyclic esters (lactones) is 1. The Kier molecular flexibility index (Phi) is 3.80. The first-order chi connectivity index (χ1) is 8.74. The third-order valence-electron chi connectivity index (χ3n) is 2.80. The van der Waals surface area contributed by atoms with E-state index in [9.17, 15) is 4.79 Å². The summed E-state index contributed by atoms with van der Waals surface area (Å²) >= 11 is 0. The van der Waals surface area contributed by atoms with Gasteiger partial charge in [0.1, 0.15) is 6.10 Å². The molecule has 0 saturated carbocycles. The minimum absolute atomic E-state index is 0.118. The highest BCUT2D eigenvalue weighted by Gasteiger charge is 2.31. The molecule has 5 nitrogen and oxygen atoms in total. The van der Waals surface area contributed by atoms with Crippen LogP contribution in [0.4, 0.5) is 10.5 Å². The molecule has 1 saturated heterocycles. The molecule has 1 aliphatic heterocycles. The molecule has 18 heavy (non-hydrogen) atoms. The van der Waals surface area contributed by atoms with E-state index in [-0.39, 0.29) is 12.2 Å². The van der Waals surface area contributed by atoms with Crippen molar-refractivity contribution in [2.75, 3.05) is 24.5 Å². The number of hydrogen-bond donors (Lipinski definition) is 1. The Balaban J connectivity index is 2.04. The number of likely N-dealkylation sites (N-methyl/N-ethyl adjacent to an activating group) is 1. The largest absolute Gasteiger partial charge is 0.443 e. The van der Waals surface area contributed by atoms with Crippen molar-refractivity contribution in [1.82, 2.24) is 5.32 Å². The summed E-state index contributed by atoms with van der Waals surface area (Å²) in [6, 6.07) is 8.96. The van der Waals surface area contributed by atoms with E-state index in [1.807, 2.05) is 13.0 Å². The Labute approximate surface area is 106 Å². The van der Waals surface area contributed by atoms with Crippen LogP contribution in [-0.2, 0) is 4.74 Å². The van der Waals surface area contributed by atoms with Gasteiger partial charge in [0.15, 0.2) is 0 Å². The Morgan fingerprint density at radius 1 is 1.50 bits per heavy atom. The molecule has 1 unspecified atom stereocenters. The van der Waals surface area contributed by atoms with E-state index in [2.05, 4.69) is 5.32 Å². The van der Waals surface area contributed by atoms with Gasteiger partial charge in [-0.05, 0) is 30.8 Å². The average Bonchev–Trinajstić information content (AvgIpc) is 2.78. The van der Waals surface area contributed by atoms with E-state index in [0.717, 1.165) is 12.2 Å². The van der Waals surface area contributed by atoms with E-state index in [4.69, 9.17) is 10.00 Å². The molecular formula is C13H15N3O2. The number of benzene rings is 1. The summed E-state index contributed by atoms with van der Waals surface area (Å²) in [7, 11) is 0. The standard InChI is InChI=1S/C13H15N3O2/c1-2-15-8-12-9-16(13(17)18-12)11-5-3-10(7-14)4-6-11/h3-6,12,15H,2,8-9H2,1H3. The third kappa shape index (κ3) is 2.60. The quantitative estimate of drug-likeness (QED) is 0.872. The van der Waals surface area contributed by atoms with Crippen LogP contribution < -0.4 is 10.2 Å². The lowest BCUT2D eigenvalue weighted by atomic mass is 10.2. The zero-order valence-corrected chi connectivity index (χ0v) is 10.2. The number of nitriles is 1. The van der Waals surface area contributed by atoms with E-state index < -0.39 is 0 Å². The Bertz CT molecular complexity index is 464. The second kappa shape index (κ2) is 5.52. The van der Waals surface area contributed by atoms with Crippen LogP contribution in [0.3, 0.4) is 0 Å². The predicted octanol–water partition coefficient (Wildman–Crippen LogP) is 1.49. The fourth-order valence-corrected chi connectivity index (χ4v) is 1.86. The molecule has 1 atom stereocenters. The van der Waals surface area contributed by atoms with Crippen molar-refractivity contribution in [3.05, 3.63) is 29.8 Å². The highest BCUT2D eigenvalue weighted by molar-refractivity contribution is 5.89. The molecule has 1 N–H and O–H groups in total. The summed E-state index contributed by atoms with van der Waals surface area (Å²) in [6.07, 6.45) is -0.448. The van der Waals surface area contributed by atoms with E-state index in [1.165, 1.54) is 0 Å². The number of hydrogen-bond acceptors (Lipinski definition) is 4. The number of carbonyl (C=O) groups excluding carboxylic acids is 1. The van der Waals surface area contributed by atoms with Crippen LogP contribution in [-0.4, -0.2) is 31.8 Å². The molecule has 1 aliphatic rings. The first-order valence-corrected chi connectivity index (χ1v) is 5.93. The molecule has 5 heteroatoms. The molecule has 2 rings (SSSR count). The van der Waals surface area contributed by atoms with Gasteiger partial charge in [0.05, 0.1) is 18.2 Å². The van der Waals surface area contributed by atoms with Crippen molar-refractivity contribution in [2.45, 2.75) is 13.0 Å². The molecule has 1 fully saturated rings. The van der Waals surface area contributed by atoms with Gasteiger partial charge in [0.2, 0.25) is 0 Å². The molecule has 0 bridgehead atoms. The second-order valence-electron chi connectivity index (χ2n) is 4.08. The van der Waals surface area contributed by atoms with Crippen molar-refractivity contribution >= 4 is 11.8 Å². The van der Waals surface area contributed by atoms with Gasteiger partial charge >= 0.3 is 6.09 Å². The number of carbonyl (C=O) groups is 1. The smallest absolute Gasteiger partial charge is 0.414 e. The van der Waals surface area contributed by atoms with Gasteiger partial charge in [0.25, 0.3) is 0 Å². The predicted molar refractivity (Wildman–Crippen MR) is 67.3 cm³/mol. The number of nitrogens with one attached hydrogen (secondary N) is 1. The second-order valence-corrected chi connectivity index (χ2v) is 4.08. The van der Waals surface area contributed by atoms with Gasteiger partial charge in [0, 0.05) is 12.2 Å². The van der Waals surface area contributed by atoms with Crippen molar-refractivity contribution in [1.29, 1.82) is 5.26 Å². The molecule has 1 aromatic carbocycles. The van der Waals surface area contributed by atoms with E-state index in [0.29, 0.717) is 18.7 Å². The van der Waals surface area contributed by atoms with Gasteiger partial charge in [-0.1, -0.05) is 6.92 Å². The highest BCUT2D eigenvalue weighted by atomic mass is 16.6. The number of amides is 1. The van der Waals surface area contributed by atoms with Crippen LogP contribution >= 0.6 is 0 Å². The summed E-state index contributed by atoms with van der Waals surface area (Å²) in [5.74, 6) is 0. The van der Waals surface area contributed by atoms with Crippen molar-refractivity contribution in [3.63, 3.8) is 0 Å². The van der Waals surface area contributed by atoms with Crippen LogP contribution in [0.2, 0.25) is 0 Å². The summed E-state index contributed by atoms with van der Waals surface area (Å²) in [5, 5.41) is 11.9. The van der Waals surface area contributed by atoms with Gasteiger partial charge in [-0.3, -0.25) is 4.90 Å². The van der Waals surface area contributed by atoms with Crippen molar-refractivity contribution < 1.29 is 9.53 Å². The summed E-state index contributed by atoms with van der Waals surface area (Å²) < 4.78 is 5.25. The molecule has 1 amide bonds. The van der Waals surface area contributed by atoms with Gasteiger partial charge < -0.3 is 10.1 Å². The minimum atomic E-state index is -0.331. The lowest BCUT2D eigenvalue weighted by Gasteiger charge is -2.12. The zero-order chi connectivity index (χ0) is 13.0. The number of anilines is 1. The molecule has 0 aromatic heterocycles. The fourth-order valence-electron chi connectivity index (χ4n) is 1.86. The topological polar surface area (TPSA) is 65.4 Å². The maximum Gasteiger partial charge on any atom is 0.414 e. The maximum atomic E-state index is 11.7. The van der Waals surface area contributed by atoms with E-state index in [1.54, 1.807) is 29.2 Å². The third-order valence-corrected chi connectivity index (χ3v) is 2.80. The first-order valence-electron chi connectivity index (χ1n) is 5.93. The zero-order valence-electron chi connectivity index (χ0n) is 10.2. The monoisotopic (exact) mass is 245 g/mol. The molecule has 94 valence electrons. The van der Waals surface area contributed by atoms with Crippen molar-refractivity contribution in [2.24, 2.45) is 0 Å². The highest BCUT2D eigenvalue weighted by Crippen LogP contribution is 2.21. The normalized spacial score (nSPS) is 18.6. The molecule has 1 heterocycles. The van der Waals surface area contributed by atoms with E-state index >= 15 is 0 Å². The first kappa shape index (κ1) is 12.4. The van der Waals surface area contributed by atoms with Crippen LogP contribution in [0.25, 0.3) is 0 Å². The minimum Gasteiger partial charge on any atom is -0.443 e. The fraction of sp³-hybridized carbons (Fsp3) is 0.385. The average molecular weight is 245 g/mol. The lowest BCUT2D eigenvalue weighted by Crippen LogP contribution is -2.30. The van der Waals surface area contributed by atoms with Crippen LogP contribution in [0, 0.1) is 11.3 Å². The molecular weight excluding hydrogens is 230 g/mol. The van der Waals surface area contributed by atoms with Gasteiger partial charge in [-0.2, -0.15) is 5.26 Å². The molecule has 0 spiro atoms.